The highest BCUT2D eigenvalue weighted by molar-refractivity contribution is 6.33. The van der Waals surface area contributed by atoms with Crippen LogP contribution in [0.1, 0.15) is 25.0 Å². The van der Waals surface area contributed by atoms with Gasteiger partial charge in [-0.1, -0.05) is 17.7 Å². The summed E-state index contributed by atoms with van der Waals surface area (Å²) < 4.78 is 5.07. The molecule has 0 aromatic heterocycles. The minimum absolute atomic E-state index is 0.429. The van der Waals surface area contributed by atoms with Gasteiger partial charge in [0.1, 0.15) is 0 Å². The molecule has 1 rings (SSSR count). The summed E-state index contributed by atoms with van der Waals surface area (Å²) in [5.41, 5.74) is 1.64. The van der Waals surface area contributed by atoms with Gasteiger partial charge in [0.25, 0.3) is 0 Å². The number of benzene rings is 1. The van der Waals surface area contributed by atoms with Crippen molar-refractivity contribution in [3.63, 3.8) is 0 Å². The summed E-state index contributed by atoms with van der Waals surface area (Å²) in [6.07, 6.45) is -0.115. The van der Waals surface area contributed by atoms with E-state index < -0.39 is 6.10 Å². The average molecular weight is 283 g/mol. The van der Waals surface area contributed by atoms with Crippen molar-refractivity contribution in [3.8, 4) is 6.07 Å². The van der Waals surface area contributed by atoms with E-state index in [4.69, 9.17) is 21.6 Å². The molecule has 0 aliphatic carbocycles. The quantitative estimate of drug-likeness (QED) is 0.835. The second kappa shape index (κ2) is 8.00. The van der Waals surface area contributed by atoms with Crippen molar-refractivity contribution in [2.75, 3.05) is 31.7 Å². The van der Waals surface area contributed by atoms with Crippen LogP contribution in [-0.4, -0.2) is 31.9 Å². The second-order valence-electron chi connectivity index (χ2n) is 4.27. The Balaban J connectivity index is 2.91. The summed E-state index contributed by atoms with van der Waals surface area (Å²) in [5.74, 6) is 0. The van der Waals surface area contributed by atoms with E-state index in [9.17, 15) is 5.11 Å². The van der Waals surface area contributed by atoms with Gasteiger partial charge in [0.15, 0.2) is 0 Å². The second-order valence-corrected chi connectivity index (χ2v) is 4.68. The third kappa shape index (κ3) is 4.71. The minimum Gasteiger partial charge on any atom is -0.389 e. The first-order valence-corrected chi connectivity index (χ1v) is 6.56. The fourth-order valence-electron chi connectivity index (χ4n) is 1.78. The monoisotopic (exact) mass is 282 g/mol. The normalized spacial score (nSPS) is 11.9. The Morgan fingerprint density at radius 3 is 2.74 bits per heavy atom. The predicted octanol–water partition coefficient (Wildman–Crippen LogP) is 2.76. The Bertz CT molecular complexity index is 444. The van der Waals surface area contributed by atoms with E-state index >= 15 is 0 Å². The fourth-order valence-corrected chi connectivity index (χ4v) is 2.09. The van der Waals surface area contributed by atoms with Crippen LogP contribution in [0.25, 0.3) is 0 Å². The maximum atomic E-state index is 9.53. The summed E-state index contributed by atoms with van der Waals surface area (Å²) in [6.45, 7) is 3.54. The lowest BCUT2D eigenvalue weighted by molar-refractivity contribution is 0.199. The summed E-state index contributed by atoms with van der Waals surface area (Å²) in [5, 5.41) is 18.8. The van der Waals surface area contributed by atoms with Gasteiger partial charge in [0, 0.05) is 20.2 Å². The maximum Gasteiger partial charge on any atom is 0.0762 e. The lowest BCUT2D eigenvalue weighted by Gasteiger charge is -2.25. The van der Waals surface area contributed by atoms with E-state index in [2.05, 4.69) is 6.07 Å². The third-order valence-electron chi connectivity index (χ3n) is 2.85. The summed E-state index contributed by atoms with van der Waals surface area (Å²) in [4.78, 5) is 2.01. The van der Waals surface area contributed by atoms with Crippen LogP contribution in [-0.2, 0) is 4.74 Å². The predicted molar refractivity (Wildman–Crippen MR) is 76.4 cm³/mol. The Hall–Kier alpha value is -1.28. The molecule has 0 fully saturated rings. The van der Waals surface area contributed by atoms with E-state index in [-0.39, 0.29) is 0 Å². The molecule has 0 spiro atoms. The number of aliphatic hydroxyl groups excluding tert-OH is 1. The first-order chi connectivity index (χ1) is 9.10. The van der Waals surface area contributed by atoms with Crippen molar-refractivity contribution >= 4 is 17.3 Å². The Labute approximate surface area is 119 Å². The SMILES string of the molecule is COCCN(CCC#N)c1ccc([C@@H](C)O)cc1Cl. The standard InChI is InChI=1S/C14H19ClN2O2/c1-11(18)12-4-5-14(13(15)10-12)17(7-3-6-16)8-9-19-2/h4-5,10-11,18H,3,7-9H2,1-2H3/t11-/m1/s1. The molecule has 104 valence electrons. The van der Waals surface area contributed by atoms with Crippen LogP contribution in [0.5, 0.6) is 0 Å². The lowest BCUT2D eigenvalue weighted by atomic mass is 10.1. The fraction of sp³-hybridized carbons (Fsp3) is 0.500. The maximum absolute atomic E-state index is 9.53. The molecular weight excluding hydrogens is 264 g/mol. The van der Waals surface area contributed by atoms with Crippen LogP contribution in [0.4, 0.5) is 5.69 Å². The Morgan fingerprint density at radius 2 is 2.21 bits per heavy atom. The van der Waals surface area contributed by atoms with Crippen LogP contribution in [0.2, 0.25) is 5.02 Å². The number of nitriles is 1. The van der Waals surface area contributed by atoms with Crippen molar-refractivity contribution in [2.24, 2.45) is 0 Å². The first-order valence-electron chi connectivity index (χ1n) is 6.18. The number of halogens is 1. The van der Waals surface area contributed by atoms with Gasteiger partial charge in [-0.25, -0.2) is 0 Å². The van der Waals surface area contributed by atoms with E-state index in [0.717, 1.165) is 11.3 Å². The van der Waals surface area contributed by atoms with Crippen molar-refractivity contribution in [1.29, 1.82) is 5.26 Å². The van der Waals surface area contributed by atoms with Crippen molar-refractivity contribution in [2.45, 2.75) is 19.4 Å². The van der Waals surface area contributed by atoms with Gasteiger partial charge in [-0.3, -0.25) is 0 Å². The zero-order valence-electron chi connectivity index (χ0n) is 11.3. The summed E-state index contributed by atoms with van der Waals surface area (Å²) in [7, 11) is 1.64. The van der Waals surface area contributed by atoms with Gasteiger partial charge in [-0.05, 0) is 24.6 Å². The highest BCUT2D eigenvalue weighted by atomic mass is 35.5. The molecule has 1 aromatic carbocycles. The summed E-state index contributed by atoms with van der Waals surface area (Å²) >= 11 is 6.25. The zero-order valence-corrected chi connectivity index (χ0v) is 12.0. The molecule has 1 atom stereocenters. The Morgan fingerprint density at radius 1 is 1.47 bits per heavy atom. The largest absolute Gasteiger partial charge is 0.389 e. The molecule has 0 saturated carbocycles. The van der Waals surface area contributed by atoms with Gasteiger partial charge in [0.2, 0.25) is 0 Å². The van der Waals surface area contributed by atoms with Crippen LogP contribution in [0.15, 0.2) is 18.2 Å². The van der Waals surface area contributed by atoms with Gasteiger partial charge >= 0.3 is 0 Å². The van der Waals surface area contributed by atoms with Crippen LogP contribution >= 0.6 is 11.6 Å². The molecule has 1 aromatic rings. The highest BCUT2D eigenvalue weighted by Crippen LogP contribution is 2.29. The molecule has 0 saturated heterocycles. The molecule has 5 heteroatoms. The zero-order chi connectivity index (χ0) is 14.3. The van der Waals surface area contributed by atoms with Crippen LogP contribution < -0.4 is 4.90 Å². The molecule has 0 unspecified atom stereocenters. The van der Waals surface area contributed by atoms with Gasteiger partial charge < -0.3 is 14.7 Å². The first kappa shape index (κ1) is 15.8. The number of hydrogen-bond donors (Lipinski definition) is 1. The van der Waals surface area contributed by atoms with Gasteiger partial charge in [0.05, 0.1) is 35.9 Å². The van der Waals surface area contributed by atoms with E-state index in [1.165, 1.54) is 0 Å². The van der Waals surface area contributed by atoms with Crippen molar-refractivity contribution in [3.05, 3.63) is 28.8 Å². The highest BCUT2D eigenvalue weighted by Gasteiger charge is 2.12. The Kier molecular flexibility index (Phi) is 6.65. The van der Waals surface area contributed by atoms with Crippen molar-refractivity contribution in [1.82, 2.24) is 0 Å². The number of aliphatic hydroxyl groups is 1. The molecule has 0 heterocycles. The molecular formula is C14H19ClN2O2. The van der Waals surface area contributed by atoms with E-state index in [1.807, 2.05) is 17.0 Å². The molecule has 4 nitrogen and oxygen atoms in total. The van der Waals surface area contributed by atoms with Gasteiger partial charge in [-0.15, -0.1) is 0 Å². The molecule has 0 radical (unpaired) electrons. The van der Waals surface area contributed by atoms with Crippen molar-refractivity contribution < 1.29 is 9.84 Å². The van der Waals surface area contributed by atoms with Crippen LogP contribution in [0.3, 0.4) is 0 Å². The van der Waals surface area contributed by atoms with Crippen LogP contribution in [0, 0.1) is 11.3 Å². The number of ether oxygens (including phenoxy) is 1. The molecule has 0 amide bonds. The summed E-state index contributed by atoms with van der Waals surface area (Å²) in [6, 6.07) is 7.60. The topological polar surface area (TPSA) is 56.5 Å². The van der Waals surface area contributed by atoms with E-state index in [0.29, 0.717) is 31.1 Å². The van der Waals surface area contributed by atoms with E-state index in [1.54, 1.807) is 20.1 Å². The molecule has 1 N–H and O–H groups in total. The number of rotatable bonds is 7. The minimum atomic E-state index is -0.543. The number of hydrogen-bond acceptors (Lipinski definition) is 4. The van der Waals surface area contributed by atoms with Gasteiger partial charge in [-0.2, -0.15) is 5.26 Å². The lowest BCUT2D eigenvalue weighted by Crippen LogP contribution is -2.28. The number of methoxy groups -OCH3 is 1. The molecule has 0 bridgehead atoms. The molecule has 0 aliphatic rings. The third-order valence-corrected chi connectivity index (χ3v) is 3.16. The number of nitrogens with zero attached hydrogens (tertiary/aromatic N) is 2. The average Bonchev–Trinajstić information content (AvgIpc) is 2.39. The molecule has 19 heavy (non-hydrogen) atoms. The smallest absolute Gasteiger partial charge is 0.0762 e. The molecule has 0 aliphatic heterocycles. The number of anilines is 1.